The topological polar surface area (TPSA) is 64.6 Å². The van der Waals surface area contributed by atoms with Gasteiger partial charge in [0.1, 0.15) is 6.61 Å². The lowest BCUT2D eigenvalue weighted by atomic mass is 10.2. The Labute approximate surface area is 101 Å². The van der Waals surface area contributed by atoms with E-state index in [1.807, 2.05) is 6.08 Å². The van der Waals surface area contributed by atoms with Crippen molar-refractivity contribution in [3.05, 3.63) is 11.6 Å². The Morgan fingerprint density at radius 3 is 2.88 bits per heavy atom. The molecule has 1 rings (SSSR count). The van der Waals surface area contributed by atoms with Gasteiger partial charge in [0.05, 0.1) is 6.61 Å². The molecule has 0 heterocycles. The van der Waals surface area contributed by atoms with Crippen molar-refractivity contribution < 1.29 is 19.1 Å². The van der Waals surface area contributed by atoms with Crippen LogP contribution in [0.5, 0.6) is 0 Å². The van der Waals surface area contributed by atoms with Gasteiger partial charge in [0.2, 0.25) is 5.91 Å². The molecule has 0 radical (unpaired) electrons. The standard InChI is InChI=1S/C12H19NO4/c1-3-11(14)13-10-5-4-9(8-10)12(15)17-7-6-16-2/h4,10H,3,5-8H2,1-2H3,(H,13,14). The van der Waals surface area contributed by atoms with Crippen LogP contribution in [0.1, 0.15) is 26.2 Å². The summed E-state index contributed by atoms with van der Waals surface area (Å²) in [4.78, 5) is 22.8. The summed E-state index contributed by atoms with van der Waals surface area (Å²) >= 11 is 0. The van der Waals surface area contributed by atoms with E-state index in [0.29, 0.717) is 31.4 Å². The molecule has 17 heavy (non-hydrogen) atoms. The maximum absolute atomic E-state index is 11.6. The van der Waals surface area contributed by atoms with Crippen LogP contribution in [-0.4, -0.2) is 38.2 Å². The maximum Gasteiger partial charge on any atom is 0.333 e. The molecular weight excluding hydrogens is 222 g/mol. The van der Waals surface area contributed by atoms with Crippen LogP contribution in [0.3, 0.4) is 0 Å². The number of nitrogens with one attached hydrogen (secondary N) is 1. The average molecular weight is 241 g/mol. The quantitative estimate of drug-likeness (QED) is 0.551. The summed E-state index contributed by atoms with van der Waals surface area (Å²) in [6.45, 7) is 2.46. The molecule has 1 N–H and O–H groups in total. The number of esters is 1. The van der Waals surface area contributed by atoms with Crippen molar-refractivity contribution in [2.75, 3.05) is 20.3 Å². The zero-order valence-electron chi connectivity index (χ0n) is 10.3. The highest BCUT2D eigenvalue weighted by atomic mass is 16.6. The number of amides is 1. The first-order valence-electron chi connectivity index (χ1n) is 5.81. The van der Waals surface area contributed by atoms with E-state index in [4.69, 9.17) is 9.47 Å². The summed E-state index contributed by atoms with van der Waals surface area (Å²) in [5, 5.41) is 2.86. The van der Waals surface area contributed by atoms with Gasteiger partial charge in [-0.15, -0.1) is 0 Å². The van der Waals surface area contributed by atoms with Crippen LogP contribution in [-0.2, 0) is 19.1 Å². The largest absolute Gasteiger partial charge is 0.460 e. The van der Waals surface area contributed by atoms with Crippen molar-refractivity contribution in [3.63, 3.8) is 0 Å². The Morgan fingerprint density at radius 2 is 2.24 bits per heavy atom. The number of rotatable bonds is 6. The van der Waals surface area contributed by atoms with Crippen molar-refractivity contribution >= 4 is 11.9 Å². The maximum atomic E-state index is 11.6. The summed E-state index contributed by atoms with van der Waals surface area (Å²) in [5.41, 5.74) is 0.641. The Kier molecular flexibility index (Phi) is 5.69. The first kappa shape index (κ1) is 13.7. The predicted molar refractivity (Wildman–Crippen MR) is 62.4 cm³/mol. The summed E-state index contributed by atoms with van der Waals surface area (Å²) in [7, 11) is 1.55. The van der Waals surface area contributed by atoms with Gasteiger partial charge in [-0.1, -0.05) is 13.0 Å². The zero-order chi connectivity index (χ0) is 12.7. The fourth-order valence-corrected chi connectivity index (χ4v) is 1.63. The molecule has 0 aromatic rings. The fourth-order valence-electron chi connectivity index (χ4n) is 1.63. The molecular formula is C12H19NO4. The molecule has 1 amide bonds. The number of hydrogen-bond acceptors (Lipinski definition) is 4. The Morgan fingerprint density at radius 1 is 1.47 bits per heavy atom. The van der Waals surface area contributed by atoms with Gasteiger partial charge in [0.25, 0.3) is 0 Å². The second-order valence-electron chi connectivity index (χ2n) is 3.92. The molecule has 0 bridgehead atoms. The number of hydrogen-bond donors (Lipinski definition) is 1. The first-order valence-corrected chi connectivity index (χ1v) is 5.81. The highest BCUT2D eigenvalue weighted by Gasteiger charge is 2.23. The van der Waals surface area contributed by atoms with Crippen LogP contribution < -0.4 is 5.32 Å². The molecule has 0 fully saturated rings. The van der Waals surface area contributed by atoms with Gasteiger partial charge in [-0.05, 0) is 12.8 Å². The minimum atomic E-state index is -0.310. The first-order chi connectivity index (χ1) is 8.17. The van der Waals surface area contributed by atoms with Gasteiger partial charge >= 0.3 is 5.97 Å². The highest BCUT2D eigenvalue weighted by molar-refractivity contribution is 5.89. The molecule has 0 saturated heterocycles. The molecule has 1 aliphatic rings. The van der Waals surface area contributed by atoms with E-state index >= 15 is 0 Å². The van der Waals surface area contributed by atoms with Crippen LogP contribution in [0.15, 0.2) is 11.6 Å². The number of carbonyl (C=O) groups is 2. The van der Waals surface area contributed by atoms with E-state index in [9.17, 15) is 9.59 Å². The molecule has 5 nitrogen and oxygen atoms in total. The summed E-state index contributed by atoms with van der Waals surface area (Å²) in [5.74, 6) is -0.298. The van der Waals surface area contributed by atoms with E-state index in [0.717, 1.165) is 0 Å². The van der Waals surface area contributed by atoms with Gasteiger partial charge in [0, 0.05) is 25.1 Å². The third-order valence-corrected chi connectivity index (χ3v) is 2.58. The minimum absolute atomic E-state index is 0.0115. The summed E-state index contributed by atoms with van der Waals surface area (Å²) in [6.07, 6.45) is 3.54. The Hall–Kier alpha value is -1.36. The lowest BCUT2D eigenvalue weighted by Crippen LogP contribution is -2.32. The zero-order valence-corrected chi connectivity index (χ0v) is 10.3. The third kappa shape index (κ3) is 4.56. The normalized spacial score (nSPS) is 18.7. The number of methoxy groups -OCH3 is 1. The van der Waals surface area contributed by atoms with E-state index in [1.165, 1.54) is 0 Å². The van der Waals surface area contributed by atoms with Crippen molar-refractivity contribution in [2.24, 2.45) is 0 Å². The van der Waals surface area contributed by atoms with Crippen LogP contribution in [0.4, 0.5) is 0 Å². The van der Waals surface area contributed by atoms with Crippen molar-refractivity contribution in [1.82, 2.24) is 5.32 Å². The van der Waals surface area contributed by atoms with Crippen LogP contribution >= 0.6 is 0 Å². The van der Waals surface area contributed by atoms with E-state index in [-0.39, 0.29) is 24.5 Å². The van der Waals surface area contributed by atoms with Gasteiger partial charge < -0.3 is 14.8 Å². The third-order valence-electron chi connectivity index (χ3n) is 2.58. The van der Waals surface area contributed by atoms with Crippen LogP contribution in [0, 0.1) is 0 Å². The lowest BCUT2D eigenvalue weighted by molar-refractivity contribution is -0.140. The molecule has 0 saturated carbocycles. The van der Waals surface area contributed by atoms with Crippen molar-refractivity contribution in [1.29, 1.82) is 0 Å². The fraction of sp³-hybridized carbons (Fsp3) is 0.667. The van der Waals surface area contributed by atoms with Gasteiger partial charge in [-0.2, -0.15) is 0 Å². The van der Waals surface area contributed by atoms with E-state index in [1.54, 1.807) is 14.0 Å². The van der Waals surface area contributed by atoms with Gasteiger partial charge in [-0.3, -0.25) is 4.79 Å². The smallest absolute Gasteiger partial charge is 0.333 e. The molecule has 0 aliphatic heterocycles. The second kappa shape index (κ2) is 7.06. The van der Waals surface area contributed by atoms with Gasteiger partial charge in [-0.25, -0.2) is 4.79 Å². The molecule has 1 aliphatic carbocycles. The Bertz CT molecular complexity index is 312. The molecule has 96 valence electrons. The molecule has 5 heteroatoms. The summed E-state index contributed by atoms with van der Waals surface area (Å²) < 4.78 is 9.79. The molecule has 0 spiro atoms. The monoisotopic (exact) mass is 241 g/mol. The summed E-state index contributed by atoms with van der Waals surface area (Å²) in [6, 6.07) is 0.0347. The molecule has 1 unspecified atom stereocenters. The minimum Gasteiger partial charge on any atom is -0.460 e. The number of ether oxygens (including phenoxy) is 2. The SMILES string of the molecule is CCC(=O)NC1CC=C(C(=O)OCCOC)C1. The Balaban J connectivity index is 2.28. The van der Waals surface area contributed by atoms with Crippen molar-refractivity contribution in [2.45, 2.75) is 32.2 Å². The molecule has 1 atom stereocenters. The lowest BCUT2D eigenvalue weighted by Gasteiger charge is -2.11. The van der Waals surface area contributed by atoms with Crippen LogP contribution in [0.2, 0.25) is 0 Å². The second-order valence-corrected chi connectivity index (χ2v) is 3.92. The van der Waals surface area contributed by atoms with Gasteiger partial charge in [0.15, 0.2) is 0 Å². The highest BCUT2D eigenvalue weighted by Crippen LogP contribution is 2.19. The molecule has 0 aromatic heterocycles. The van der Waals surface area contributed by atoms with Crippen LogP contribution in [0.25, 0.3) is 0 Å². The predicted octanol–water partition coefficient (Wildman–Crippen LogP) is 0.791. The molecule has 0 aromatic carbocycles. The number of carbonyl (C=O) groups excluding carboxylic acids is 2. The van der Waals surface area contributed by atoms with E-state index < -0.39 is 0 Å². The van der Waals surface area contributed by atoms with Crippen molar-refractivity contribution in [3.8, 4) is 0 Å². The van der Waals surface area contributed by atoms with E-state index in [2.05, 4.69) is 5.32 Å². The average Bonchev–Trinajstić information content (AvgIpc) is 2.77.